The third-order valence-corrected chi connectivity index (χ3v) is 2.29. The second-order valence-electron chi connectivity index (χ2n) is 4.10. The van der Waals surface area contributed by atoms with Crippen LogP contribution in [0.15, 0.2) is 0 Å². The van der Waals surface area contributed by atoms with Crippen LogP contribution in [0.2, 0.25) is 0 Å². The lowest BCUT2D eigenvalue weighted by molar-refractivity contribution is 0.509. The van der Waals surface area contributed by atoms with Gasteiger partial charge in [0.25, 0.3) is 0 Å². The molecule has 0 bridgehead atoms. The van der Waals surface area contributed by atoms with Gasteiger partial charge in [-0.25, -0.2) is 0 Å². The average molecular weight is 172 g/mol. The Morgan fingerprint density at radius 3 is 1.33 bits per heavy atom. The van der Waals surface area contributed by atoms with E-state index >= 15 is 0 Å². The van der Waals surface area contributed by atoms with Gasteiger partial charge in [-0.15, -0.1) is 0 Å². The predicted molar refractivity (Wildman–Crippen MR) is 59.5 cm³/mol. The molecule has 0 heteroatoms. The van der Waals surface area contributed by atoms with Crippen molar-refractivity contribution in [1.82, 2.24) is 0 Å². The molecule has 0 saturated carbocycles. The molecule has 0 saturated heterocycles. The highest BCUT2D eigenvalue weighted by molar-refractivity contribution is 4.45. The smallest absolute Gasteiger partial charge is 0.0446 e. The lowest BCUT2D eigenvalue weighted by atomic mass is 10.0. The highest BCUT2D eigenvalue weighted by Gasteiger charge is 1.92. The number of rotatable bonds is 4. The Kier molecular flexibility index (Phi) is 13.3. The first kappa shape index (κ1) is 14.5. The summed E-state index contributed by atoms with van der Waals surface area (Å²) in [5, 5.41) is 0. The van der Waals surface area contributed by atoms with Crippen molar-refractivity contribution in [3.63, 3.8) is 0 Å². The van der Waals surface area contributed by atoms with Gasteiger partial charge < -0.3 is 0 Å². The summed E-state index contributed by atoms with van der Waals surface area (Å²) in [5.41, 5.74) is 0. The Balaban J connectivity index is 0. The molecule has 0 rings (SSSR count). The first-order valence-corrected chi connectivity index (χ1v) is 5.58. The maximum absolute atomic E-state index is 2.31. The fraction of sp³-hybridized carbons (Fsp3) is 1.00. The van der Waals surface area contributed by atoms with E-state index < -0.39 is 0 Å². The summed E-state index contributed by atoms with van der Waals surface area (Å²) in [7, 11) is 0. The standard InChI is InChI=1S/C7H16.C5H12/c1-4-6-7(3)5-2;1-4-5(2)3/h7H,4-6H2,1-3H3;5H,4H2,1-3H3. The van der Waals surface area contributed by atoms with Gasteiger partial charge in [0, 0.05) is 0 Å². The lowest BCUT2D eigenvalue weighted by Crippen LogP contribution is -1.88. The molecule has 0 amide bonds. The molecular weight excluding hydrogens is 144 g/mol. The zero-order chi connectivity index (χ0) is 9.98. The van der Waals surface area contributed by atoms with Crippen molar-refractivity contribution in [3.05, 3.63) is 0 Å². The third-order valence-electron chi connectivity index (χ3n) is 2.29. The Labute approximate surface area is 79.8 Å². The molecular formula is C12H28. The molecule has 0 spiro atoms. The summed E-state index contributed by atoms with van der Waals surface area (Å²) in [4.78, 5) is 0. The third kappa shape index (κ3) is 16.5. The van der Waals surface area contributed by atoms with E-state index in [2.05, 4.69) is 41.5 Å². The average Bonchev–Trinajstić information content (AvgIpc) is 2.06. The van der Waals surface area contributed by atoms with Crippen molar-refractivity contribution < 1.29 is 0 Å². The van der Waals surface area contributed by atoms with Crippen LogP contribution < -0.4 is 0 Å². The van der Waals surface area contributed by atoms with Gasteiger partial charge in [-0.05, 0) is 11.8 Å². The van der Waals surface area contributed by atoms with E-state index in [0.29, 0.717) is 0 Å². The van der Waals surface area contributed by atoms with E-state index in [9.17, 15) is 0 Å². The van der Waals surface area contributed by atoms with Crippen LogP contribution in [0.5, 0.6) is 0 Å². The summed E-state index contributed by atoms with van der Waals surface area (Å²) in [6.07, 6.45) is 5.39. The van der Waals surface area contributed by atoms with Gasteiger partial charge in [-0.3, -0.25) is 0 Å². The van der Waals surface area contributed by atoms with Crippen molar-refractivity contribution in [2.24, 2.45) is 11.8 Å². The highest BCUT2D eigenvalue weighted by Crippen LogP contribution is 2.07. The number of hydrogen-bond acceptors (Lipinski definition) is 0. The molecule has 0 aliphatic heterocycles. The van der Waals surface area contributed by atoms with E-state index in [0.717, 1.165) is 11.8 Å². The van der Waals surface area contributed by atoms with Gasteiger partial charge in [0.15, 0.2) is 0 Å². The maximum atomic E-state index is 2.31. The topological polar surface area (TPSA) is 0 Å². The van der Waals surface area contributed by atoms with Crippen molar-refractivity contribution in [2.45, 2.75) is 67.2 Å². The van der Waals surface area contributed by atoms with Crippen molar-refractivity contribution in [1.29, 1.82) is 0 Å². The van der Waals surface area contributed by atoms with Gasteiger partial charge in [0.2, 0.25) is 0 Å². The minimum Gasteiger partial charge on any atom is -0.0654 e. The molecule has 0 aromatic rings. The molecule has 0 aromatic heterocycles. The zero-order valence-corrected chi connectivity index (χ0v) is 9.98. The number of hydrogen-bond donors (Lipinski definition) is 0. The van der Waals surface area contributed by atoms with Crippen LogP contribution in [0, 0.1) is 11.8 Å². The largest absolute Gasteiger partial charge is 0.0654 e. The summed E-state index contributed by atoms with van der Waals surface area (Å²) >= 11 is 0. The normalized spacial score (nSPS) is 12.2. The fourth-order valence-corrected chi connectivity index (χ4v) is 0.697. The van der Waals surface area contributed by atoms with Gasteiger partial charge in [-0.1, -0.05) is 67.2 Å². The van der Waals surface area contributed by atoms with E-state index in [1.54, 1.807) is 0 Å². The molecule has 1 atom stereocenters. The van der Waals surface area contributed by atoms with Gasteiger partial charge in [0.05, 0.1) is 0 Å². The Bertz CT molecular complexity index is 64.4. The second-order valence-corrected chi connectivity index (χ2v) is 4.10. The van der Waals surface area contributed by atoms with Crippen LogP contribution in [0.4, 0.5) is 0 Å². The molecule has 0 fully saturated rings. The van der Waals surface area contributed by atoms with Crippen LogP contribution in [-0.4, -0.2) is 0 Å². The maximum Gasteiger partial charge on any atom is -0.0446 e. The van der Waals surface area contributed by atoms with Gasteiger partial charge in [-0.2, -0.15) is 0 Å². The Morgan fingerprint density at radius 2 is 1.25 bits per heavy atom. The fourth-order valence-electron chi connectivity index (χ4n) is 0.697. The second kappa shape index (κ2) is 11.0. The first-order chi connectivity index (χ1) is 5.58. The van der Waals surface area contributed by atoms with E-state index in [4.69, 9.17) is 0 Å². The molecule has 0 heterocycles. The van der Waals surface area contributed by atoms with Gasteiger partial charge >= 0.3 is 0 Å². The monoisotopic (exact) mass is 172 g/mol. The molecule has 0 aliphatic carbocycles. The Morgan fingerprint density at radius 1 is 0.833 bits per heavy atom. The van der Waals surface area contributed by atoms with Crippen molar-refractivity contribution in [2.75, 3.05) is 0 Å². The summed E-state index contributed by atoms with van der Waals surface area (Å²) in [6.45, 7) is 13.4. The summed E-state index contributed by atoms with van der Waals surface area (Å²) in [6, 6.07) is 0. The van der Waals surface area contributed by atoms with Crippen molar-refractivity contribution in [3.8, 4) is 0 Å². The molecule has 0 aliphatic rings. The van der Waals surface area contributed by atoms with Crippen LogP contribution >= 0.6 is 0 Å². The molecule has 0 radical (unpaired) electrons. The molecule has 12 heavy (non-hydrogen) atoms. The van der Waals surface area contributed by atoms with Crippen LogP contribution in [0.1, 0.15) is 67.2 Å². The summed E-state index contributed by atoms with van der Waals surface area (Å²) in [5.74, 6) is 1.83. The minimum absolute atomic E-state index is 0.884. The Hall–Kier alpha value is 0. The van der Waals surface area contributed by atoms with Gasteiger partial charge in [0.1, 0.15) is 0 Å². The van der Waals surface area contributed by atoms with Crippen LogP contribution in [-0.2, 0) is 0 Å². The SMILES string of the molecule is CCC(C)C.CCCC(C)CC. The molecule has 0 N–H and O–H groups in total. The predicted octanol–water partition coefficient (Wildman–Crippen LogP) is 4.89. The van der Waals surface area contributed by atoms with E-state index in [1.165, 1.54) is 25.7 Å². The summed E-state index contributed by atoms with van der Waals surface area (Å²) < 4.78 is 0. The molecule has 0 aromatic carbocycles. The zero-order valence-electron chi connectivity index (χ0n) is 9.98. The van der Waals surface area contributed by atoms with Crippen molar-refractivity contribution >= 4 is 0 Å². The minimum atomic E-state index is 0.884. The first-order valence-electron chi connectivity index (χ1n) is 5.58. The molecule has 1 unspecified atom stereocenters. The van der Waals surface area contributed by atoms with E-state index in [-0.39, 0.29) is 0 Å². The van der Waals surface area contributed by atoms with E-state index in [1.807, 2.05) is 0 Å². The molecule has 0 nitrogen and oxygen atoms in total. The lowest BCUT2D eigenvalue weighted by Gasteiger charge is -2.02. The highest BCUT2D eigenvalue weighted by atomic mass is 14.0. The quantitative estimate of drug-likeness (QED) is 0.566. The molecule has 76 valence electrons. The van der Waals surface area contributed by atoms with Crippen LogP contribution in [0.3, 0.4) is 0 Å². The van der Waals surface area contributed by atoms with Crippen LogP contribution in [0.25, 0.3) is 0 Å².